The molecular weight excluding hydrogens is 450 g/mol. The molecular formula is C20H15BrClNO5. The van der Waals surface area contributed by atoms with Gasteiger partial charge in [-0.3, -0.25) is 4.79 Å². The molecule has 144 valence electrons. The molecule has 0 N–H and O–H groups in total. The molecule has 0 saturated carbocycles. The van der Waals surface area contributed by atoms with Crippen molar-refractivity contribution in [3.05, 3.63) is 62.7 Å². The first-order valence-electron chi connectivity index (χ1n) is 8.30. The van der Waals surface area contributed by atoms with Crippen molar-refractivity contribution in [3.63, 3.8) is 0 Å². The highest BCUT2D eigenvalue weighted by Gasteiger charge is 2.24. The minimum Gasteiger partial charge on any atom is -0.490 e. The third-order valence-corrected chi connectivity index (χ3v) is 4.43. The monoisotopic (exact) mass is 463 g/mol. The Morgan fingerprint density at radius 3 is 2.64 bits per heavy atom. The summed E-state index contributed by atoms with van der Waals surface area (Å²) in [6, 6.07) is 10.2. The first kappa shape index (κ1) is 20.1. The van der Waals surface area contributed by atoms with Crippen molar-refractivity contribution in [2.75, 3.05) is 6.61 Å². The number of carbonyl (C=O) groups is 2. The molecule has 2 aromatic carbocycles. The molecule has 1 aliphatic rings. The summed E-state index contributed by atoms with van der Waals surface area (Å²) >= 11 is 9.24. The third-order valence-electron chi connectivity index (χ3n) is 3.59. The fourth-order valence-corrected chi connectivity index (χ4v) is 3.13. The van der Waals surface area contributed by atoms with Crippen molar-refractivity contribution in [2.45, 2.75) is 13.8 Å². The predicted octanol–water partition coefficient (Wildman–Crippen LogP) is 4.77. The third kappa shape index (κ3) is 4.61. The number of hydrogen-bond donors (Lipinski definition) is 0. The fourth-order valence-electron chi connectivity index (χ4n) is 2.46. The van der Waals surface area contributed by atoms with Crippen LogP contribution < -0.4 is 9.47 Å². The molecule has 0 radical (unpaired) electrons. The highest BCUT2D eigenvalue weighted by molar-refractivity contribution is 9.10. The number of rotatable bonds is 5. The van der Waals surface area contributed by atoms with Gasteiger partial charge in [0.15, 0.2) is 17.2 Å². The average molecular weight is 465 g/mol. The SMILES string of the molecule is CCOc1cc(/C=C2\N=C(c3ccc(Cl)cc3)OC2=O)cc(Br)c1OC(C)=O. The number of benzene rings is 2. The Kier molecular flexibility index (Phi) is 6.16. The highest BCUT2D eigenvalue weighted by atomic mass is 79.9. The van der Waals surface area contributed by atoms with Gasteiger partial charge in [-0.1, -0.05) is 11.6 Å². The molecule has 0 saturated heterocycles. The normalized spacial score (nSPS) is 14.6. The van der Waals surface area contributed by atoms with Crippen molar-refractivity contribution < 1.29 is 23.8 Å². The number of esters is 2. The molecule has 0 aliphatic carbocycles. The van der Waals surface area contributed by atoms with Crippen molar-refractivity contribution in [1.29, 1.82) is 0 Å². The lowest BCUT2D eigenvalue weighted by Crippen LogP contribution is -2.05. The van der Waals surface area contributed by atoms with Crippen LogP contribution in [0.25, 0.3) is 6.08 Å². The smallest absolute Gasteiger partial charge is 0.363 e. The summed E-state index contributed by atoms with van der Waals surface area (Å²) in [4.78, 5) is 27.8. The van der Waals surface area contributed by atoms with Gasteiger partial charge in [0.05, 0.1) is 11.1 Å². The van der Waals surface area contributed by atoms with Gasteiger partial charge in [0.2, 0.25) is 5.90 Å². The number of nitrogens with zero attached hydrogens (tertiary/aromatic N) is 1. The molecule has 0 unspecified atom stereocenters. The number of aliphatic imine (C=N–C) groups is 1. The Labute approximate surface area is 174 Å². The summed E-state index contributed by atoms with van der Waals surface area (Å²) in [5.74, 6) is -0.191. The highest BCUT2D eigenvalue weighted by Crippen LogP contribution is 2.38. The van der Waals surface area contributed by atoms with Gasteiger partial charge in [-0.25, -0.2) is 9.79 Å². The molecule has 8 heteroatoms. The number of cyclic esters (lactones) is 1. The second-order valence-electron chi connectivity index (χ2n) is 5.70. The quantitative estimate of drug-likeness (QED) is 0.362. The lowest BCUT2D eigenvalue weighted by molar-refractivity contribution is -0.132. The molecule has 0 aromatic heterocycles. The van der Waals surface area contributed by atoms with E-state index >= 15 is 0 Å². The molecule has 1 heterocycles. The van der Waals surface area contributed by atoms with Gasteiger partial charge in [-0.15, -0.1) is 0 Å². The molecule has 0 atom stereocenters. The molecule has 0 fully saturated rings. The predicted molar refractivity (Wildman–Crippen MR) is 109 cm³/mol. The molecule has 28 heavy (non-hydrogen) atoms. The van der Waals surface area contributed by atoms with E-state index in [2.05, 4.69) is 20.9 Å². The van der Waals surface area contributed by atoms with Crippen LogP contribution >= 0.6 is 27.5 Å². The number of halogens is 2. The van der Waals surface area contributed by atoms with Crippen LogP contribution in [0.5, 0.6) is 11.5 Å². The van der Waals surface area contributed by atoms with E-state index in [0.29, 0.717) is 33.0 Å². The topological polar surface area (TPSA) is 74.2 Å². The van der Waals surface area contributed by atoms with Crippen LogP contribution in [-0.2, 0) is 14.3 Å². The van der Waals surface area contributed by atoms with E-state index in [9.17, 15) is 9.59 Å². The zero-order valence-corrected chi connectivity index (χ0v) is 17.3. The van der Waals surface area contributed by atoms with Crippen molar-refractivity contribution >= 4 is 51.4 Å². The summed E-state index contributed by atoms with van der Waals surface area (Å²) in [7, 11) is 0. The van der Waals surface area contributed by atoms with Gasteiger partial charge >= 0.3 is 11.9 Å². The minimum absolute atomic E-state index is 0.138. The van der Waals surface area contributed by atoms with E-state index in [1.807, 2.05) is 6.92 Å². The van der Waals surface area contributed by atoms with E-state index in [1.54, 1.807) is 42.5 Å². The van der Waals surface area contributed by atoms with E-state index in [-0.39, 0.29) is 17.3 Å². The second-order valence-corrected chi connectivity index (χ2v) is 6.99. The number of carbonyl (C=O) groups excluding carboxylic acids is 2. The zero-order valence-electron chi connectivity index (χ0n) is 15.0. The zero-order chi connectivity index (χ0) is 20.3. The van der Waals surface area contributed by atoms with Crippen LogP contribution in [0.4, 0.5) is 0 Å². The lowest BCUT2D eigenvalue weighted by atomic mass is 10.1. The fraction of sp³-hybridized carbons (Fsp3) is 0.150. The van der Waals surface area contributed by atoms with Crippen molar-refractivity contribution in [3.8, 4) is 11.5 Å². The first-order chi connectivity index (χ1) is 13.4. The number of ether oxygens (including phenoxy) is 3. The van der Waals surface area contributed by atoms with Gasteiger partial charge in [-0.05, 0) is 70.9 Å². The Balaban J connectivity index is 1.96. The summed E-state index contributed by atoms with van der Waals surface area (Å²) in [6.45, 7) is 3.49. The van der Waals surface area contributed by atoms with Crippen LogP contribution in [0.3, 0.4) is 0 Å². The summed E-state index contributed by atoms with van der Waals surface area (Å²) in [5, 5.41) is 0.575. The Bertz CT molecular complexity index is 998. The van der Waals surface area contributed by atoms with Crippen LogP contribution in [0.2, 0.25) is 5.02 Å². The van der Waals surface area contributed by atoms with Gasteiger partial charge in [0.25, 0.3) is 0 Å². The van der Waals surface area contributed by atoms with E-state index < -0.39 is 11.9 Å². The minimum atomic E-state index is -0.567. The van der Waals surface area contributed by atoms with Crippen LogP contribution in [0.15, 0.2) is 51.6 Å². The Morgan fingerprint density at radius 2 is 2.00 bits per heavy atom. The average Bonchev–Trinajstić information content (AvgIpc) is 2.99. The Morgan fingerprint density at radius 1 is 1.29 bits per heavy atom. The largest absolute Gasteiger partial charge is 0.490 e. The number of hydrogen-bond acceptors (Lipinski definition) is 6. The Hall–Kier alpha value is -2.64. The van der Waals surface area contributed by atoms with E-state index in [0.717, 1.165) is 0 Å². The van der Waals surface area contributed by atoms with Crippen molar-refractivity contribution in [1.82, 2.24) is 0 Å². The molecule has 2 aromatic rings. The van der Waals surface area contributed by atoms with Crippen LogP contribution in [-0.4, -0.2) is 24.4 Å². The van der Waals surface area contributed by atoms with Gasteiger partial charge in [0, 0.05) is 17.5 Å². The summed E-state index contributed by atoms with van der Waals surface area (Å²) in [5.41, 5.74) is 1.40. The lowest BCUT2D eigenvalue weighted by Gasteiger charge is -2.12. The van der Waals surface area contributed by atoms with Gasteiger partial charge < -0.3 is 14.2 Å². The maximum absolute atomic E-state index is 12.2. The maximum atomic E-state index is 12.2. The maximum Gasteiger partial charge on any atom is 0.363 e. The molecule has 1 aliphatic heterocycles. The van der Waals surface area contributed by atoms with E-state index in [1.165, 1.54) is 6.92 Å². The summed E-state index contributed by atoms with van der Waals surface area (Å²) in [6.07, 6.45) is 1.57. The molecule has 3 rings (SSSR count). The standard InChI is InChI=1S/C20H15BrClNO5/c1-3-26-17-10-12(8-15(21)18(17)27-11(2)24)9-16-20(25)28-19(23-16)13-4-6-14(22)7-5-13/h4-10H,3H2,1-2H3/b16-9-. The van der Waals surface area contributed by atoms with Gasteiger partial charge in [-0.2, -0.15) is 0 Å². The molecule has 0 amide bonds. The van der Waals surface area contributed by atoms with Crippen LogP contribution in [0.1, 0.15) is 25.0 Å². The molecule has 0 bridgehead atoms. The second kappa shape index (κ2) is 8.58. The van der Waals surface area contributed by atoms with Gasteiger partial charge in [0.1, 0.15) is 0 Å². The van der Waals surface area contributed by atoms with Crippen LogP contribution in [0, 0.1) is 0 Å². The van der Waals surface area contributed by atoms with Crippen molar-refractivity contribution in [2.24, 2.45) is 4.99 Å². The summed E-state index contributed by atoms with van der Waals surface area (Å²) < 4.78 is 16.5. The molecule has 6 nitrogen and oxygen atoms in total. The van der Waals surface area contributed by atoms with E-state index in [4.69, 9.17) is 25.8 Å². The first-order valence-corrected chi connectivity index (χ1v) is 9.47. The molecule has 0 spiro atoms.